The Hall–Kier alpha value is -1.10. The van der Waals surface area contributed by atoms with Crippen LogP contribution in [0.25, 0.3) is 0 Å². The third kappa shape index (κ3) is 4.78. The molecule has 0 spiro atoms. The number of hydrogen-bond acceptors (Lipinski definition) is 3. The number of piperazine rings is 1. The smallest absolute Gasteiger partial charge is 0.304 e. The second-order valence-corrected chi connectivity index (χ2v) is 6.07. The van der Waals surface area contributed by atoms with E-state index >= 15 is 0 Å². The molecular weight excluding hydrogens is 256 g/mol. The van der Waals surface area contributed by atoms with E-state index in [0.717, 1.165) is 32.6 Å². The summed E-state index contributed by atoms with van der Waals surface area (Å²) in [5, 5.41) is 8.68. The van der Waals surface area contributed by atoms with E-state index in [-0.39, 0.29) is 6.42 Å². The lowest BCUT2D eigenvalue weighted by molar-refractivity contribution is -0.138. The van der Waals surface area contributed by atoms with Gasteiger partial charge in [0.1, 0.15) is 0 Å². The molecule has 1 aliphatic carbocycles. The van der Waals surface area contributed by atoms with Crippen LogP contribution in [0, 0.1) is 5.92 Å². The monoisotopic (exact) mass is 282 g/mol. The normalized spacial score (nSPS) is 21.9. The lowest BCUT2D eigenvalue weighted by Gasteiger charge is -2.35. The fraction of sp³-hybridized carbons (Fsp3) is 0.867. The lowest BCUT2D eigenvalue weighted by atomic mass is 9.86. The average molecular weight is 282 g/mol. The highest BCUT2D eigenvalue weighted by Gasteiger charge is 2.24. The van der Waals surface area contributed by atoms with E-state index < -0.39 is 5.97 Å². The van der Waals surface area contributed by atoms with Crippen molar-refractivity contribution in [2.75, 3.05) is 32.7 Å². The Bertz CT molecular complexity index is 332. The molecule has 2 fully saturated rings. The van der Waals surface area contributed by atoms with Crippen molar-refractivity contribution in [3.05, 3.63) is 0 Å². The maximum Gasteiger partial charge on any atom is 0.304 e. The zero-order chi connectivity index (χ0) is 14.4. The second-order valence-electron chi connectivity index (χ2n) is 6.07. The zero-order valence-corrected chi connectivity index (χ0v) is 12.2. The van der Waals surface area contributed by atoms with Crippen molar-refractivity contribution in [1.82, 2.24) is 9.80 Å². The predicted molar refractivity (Wildman–Crippen MR) is 76.5 cm³/mol. The number of rotatable bonds is 5. The number of hydrogen-bond donors (Lipinski definition) is 1. The molecule has 20 heavy (non-hydrogen) atoms. The summed E-state index contributed by atoms with van der Waals surface area (Å²) in [6.07, 6.45) is 7.22. The first kappa shape index (κ1) is 15.3. The van der Waals surface area contributed by atoms with Gasteiger partial charge in [0.05, 0.1) is 6.42 Å². The fourth-order valence-electron chi connectivity index (χ4n) is 3.24. The second kappa shape index (κ2) is 7.62. The van der Waals surface area contributed by atoms with Crippen LogP contribution in [0.4, 0.5) is 0 Å². The molecule has 1 saturated heterocycles. The molecule has 0 aromatic carbocycles. The van der Waals surface area contributed by atoms with Gasteiger partial charge in [-0.3, -0.25) is 14.5 Å². The van der Waals surface area contributed by atoms with E-state index in [1.54, 1.807) is 0 Å². The maximum atomic E-state index is 12.3. The van der Waals surface area contributed by atoms with Crippen molar-refractivity contribution in [3.8, 4) is 0 Å². The van der Waals surface area contributed by atoms with Crippen LogP contribution in [0.5, 0.6) is 0 Å². The van der Waals surface area contributed by atoms with Crippen LogP contribution in [-0.4, -0.2) is 59.5 Å². The molecule has 5 heteroatoms. The van der Waals surface area contributed by atoms with Gasteiger partial charge in [0.2, 0.25) is 5.91 Å². The molecule has 0 aromatic rings. The van der Waals surface area contributed by atoms with E-state index in [0.29, 0.717) is 18.4 Å². The van der Waals surface area contributed by atoms with Gasteiger partial charge in [0.15, 0.2) is 0 Å². The summed E-state index contributed by atoms with van der Waals surface area (Å²) >= 11 is 0. The average Bonchev–Trinajstić information content (AvgIpc) is 2.46. The molecule has 0 unspecified atom stereocenters. The highest BCUT2D eigenvalue weighted by atomic mass is 16.4. The molecule has 1 N–H and O–H groups in total. The van der Waals surface area contributed by atoms with Crippen molar-refractivity contribution in [2.45, 2.75) is 44.9 Å². The molecule has 1 saturated carbocycles. The molecule has 2 aliphatic rings. The van der Waals surface area contributed by atoms with Gasteiger partial charge in [-0.15, -0.1) is 0 Å². The van der Waals surface area contributed by atoms with Crippen LogP contribution in [0.3, 0.4) is 0 Å². The molecule has 5 nitrogen and oxygen atoms in total. The highest BCUT2D eigenvalue weighted by molar-refractivity contribution is 5.76. The first-order chi connectivity index (χ1) is 9.65. The zero-order valence-electron chi connectivity index (χ0n) is 12.2. The van der Waals surface area contributed by atoms with Crippen molar-refractivity contribution < 1.29 is 14.7 Å². The molecule has 1 heterocycles. The molecule has 0 atom stereocenters. The number of amides is 1. The highest BCUT2D eigenvalue weighted by Crippen LogP contribution is 2.26. The number of carbonyl (C=O) groups is 2. The summed E-state index contributed by atoms with van der Waals surface area (Å²) in [4.78, 5) is 26.9. The third-order valence-electron chi connectivity index (χ3n) is 4.55. The number of nitrogens with zero attached hydrogens (tertiary/aromatic N) is 2. The van der Waals surface area contributed by atoms with Gasteiger partial charge in [-0.1, -0.05) is 19.3 Å². The van der Waals surface area contributed by atoms with Crippen LogP contribution >= 0.6 is 0 Å². The standard InChI is InChI=1S/C15H26N2O3/c18-14(12-13-4-2-1-3-5-13)17-10-8-16(9-11-17)7-6-15(19)20/h13H,1-12H2,(H,19,20). The summed E-state index contributed by atoms with van der Waals surface area (Å²) in [7, 11) is 0. The molecule has 114 valence electrons. The van der Waals surface area contributed by atoms with Crippen molar-refractivity contribution in [2.24, 2.45) is 5.92 Å². The topological polar surface area (TPSA) is 60.9 Å². The van der Waals surface area contributed by atoms with Crippen LogP contribution in [0.15, 0.2) is 0 Å². The summed E-state index contributed by atoms with van der Waals surface area (Å²) < 4.78 is 0. The molecule has 1 aliphatic heterocycles. The quantitative estimate of drug-likeness (QED) is 0.831. The van der Waals surface area contributed by atoms with E-state index in [4.69, 9.17) is 5.11 Å². The summed E-state index contributed by atoms with van der Waals surface area (Å²) in [5.41, 5.74) is 0. The van der Waals surface area contributed by atoms with Gasteiger partial charge in [-0.2, -0.15) is 0 Å². The SMILES string of the molecule is O=C(O)CCN1CCN(C(=O)CC2CCCCC2)CC1. The Morgan fingerprint density at radius 1 is 1.00 bits per heavy atom. The predicted octanol–water partition coefficient (Wildman–Crippen LogP) is 1.58. The van der Waals surface area contributed by atoms with Gasteiger partial charge in [-0.05, 0) is 18.8 Å². The molecule has 0 radical (unpaired) electrons. The van der Waals surface area contributed by atoms with Crippen molar-refractivity contribution in [3.63, 3.8) is 0 Å². The first-order valence-electron chi connectivity index (χ1n) is 7.87. The summed E-state index contributed by atoms with van der Waals surface area (Å²) in [5.74, 6) is 0.150. The molecule has 0 aromatic heterocycles. The van der Waals surface area contributed by atoms with Gasteiger partial charge < -0.3 is 10.0 Å². The molecule has 1 amide bonds. The molecule has 0 bridgehead atoms. The van der Waals surface area contributed by atoms with Crippen molar-refractivity contribution in [1.29, 1.82) is 0 Å². The largest absolute Gasteiger partial charge is 0.481 e. The van der Waals surface area contributed by atoms with Crippen LogP contribution in [0.2, 0.25) is 0 Å². The fourth-order valence-corrected chi connectivity index (χ4v) is 3.24. The van der Waals surface area contributed by atoms with Gasteiger partial charge in [-0.25, -0.2) is 0 Å². The van der Waals surface area contributed by atoms with Gasteiger partial charge in [0, 0.05) is 39.1 Å². The Morgan fingerprint density at radius 2 is 1.65 bits per heavy atom. The summed E-state index contributed by atoms with van der Waals surface area (Å²) in [6, 6.07) is 0. The molecular formula is C15H26N2O3. The minimum absolute atomic E-state index is 0.190. The minimum atomic E-state index is -0.749. The van der Waals surface area contributed by atoms with Crippen LogP contribution in [-0.2, 0) is 9.59 Å². The Morgan fingerprint density at radius 3 is 2.25 bits per heavy atom. The van der Waals surface area contributed by atoms with Gasteiger partial charge in [0.25, 0.3) is 0 Å². The van der Waals surface area contributed by atoms with E-state index in [9.17, 15) is 9.59 Å². The van der Waals surface area contributed by atoms with Crippen molar-refractivity contribution >= 4 is 11.9 Å². The Labute approximate surface area is 120 Å². The lowest BCUT2D eigenvalue weighted by Crippen LogP contribution is -2.49. The first-order valence-corrected chi connectivity index (χ1v) is 7.87. The summed E-state index contributed by atoms with van der Waals surface area (Å²) in [6.45, 7) is 3.73. The Balaban J connectivity index is 1.67. The number of carboxylic acids is 1. The van der Waals surface area contributed by atoms with E-state index in [1.165, 1.54) is 32.1 Å². The van der Waals surface area contributed by atoms with Crippen LogP contribution in [0.1, 0.15) is 44.9 Å². The van der Waals surface area contributed by atoms with Gasteiger partial charge >= 0.3 is 5.97 Å². The number of aliphatic carboxylic acids is 1. The number of carboxylic acid groups (broad SMARTS) is 1. The number of carbonyl (C=O) groups excluding carboxylic acids is 1. The molecule has 2 rings (SSSR count). The van der Waals surface area contributed by atoms with E-state index in [2.05, 4.69) is 4.90 Å². The minimum Gasteiger partial charge on any atom is -0.481 e. The van der Waals surface area contributed by atoms with E-state index in [1.807, 2.05) is 4.90 Å². The maximum absolute atomic E-state index is 12.3. The Kier molecular flexibility index (Phi) is 5.83. The van der Waals surface area contributed by atoms with Crippen LogP contribution < -0.4 is 0 Å². The third-order valence-corrected chi connectivity index (χ3v) is 4.55.